The Balaban J connectivity index is 1.46. The highest BCUT2D eigenvalue weighted by Gasteiger charge is 2.26. The number of hydrogen-bond acceptors (Lipinski definition) is 7. The monoisotopic (exact) mass is 530 g/mol. The zero-order valence-electron chi connectivity index (χ0n) is 20.8. The van der Waals surface area contributed by atoms with Gasteiger partial charge in [-0.15, -0.1) is 0 Å². The minimum Gasteiger partial charge on any atom is -0.491 e. The van der Waals surface area contributed by atoms with Crippen molar-refractivity contribution in [1.82, 2.24) is 19.4 Å². The van der Waals surface area contributed by atoms with Crippen LogP contribution in [0, 0.1) is 20.8 Å². The van der Waals surface area contributed by atoms with Gasteiger partial charge in [0.1, 0.15) is 10.8 Å². The van der Waals surface area contributed by atoms with Crippen LogP contribution in [0.3, 0.4) is 0 Å². The average Bonchev–Trinajstić information content (AvgIpc) is 3.65. The minimum absolute atomic E-state index is 0.0656. The van der Waals surface area contributed by atoms with E-state index in [2.05, 4.69) is 43.9 Å². The third-order valence-corrected chi connectivity index (χ3v) is 7.41. The second-order valence-corrected chi connectivity index (χ2v) is 10.7. The number of aromatic nitrogens is 2. The Bertz CT molecular complexity index is 1340. The Morgan fingerprint density at radius 2 is 1.81 bits per heavy atom. The molecule has 1 heterocycles. The van der Waals surface area contributed by atoms with Crippen LogP contribution in [-0.4, -0.2) is 31.0 Å². The smallest absolute Gasteiger partial charge is 0.277 e. The van der Waals surface area contributed by atoms with Gasteiger partial charge in [-0.3, -0.25) is 0 Å². The van der Waals surface area contributed by atoms with E-state index in [0.29, 0.717) is 23.4 Å². The predicted octanol–water partition coefficient (Wildman–Crippen LogP) is 5.03. The Morgan fingerprint density at radius 1 is 1.08 bits per heavy atom. The van der Waals surface area contributed by atoms with Crippen molar-refractivity contribution >= 4 is 45.0 Å². The molecule has 1 aliphatic rings. The van der Waals surface area contributed by atoms with Gasteiger partial charge >= 0.3 is 0 Å². The van der Waals surface area contributed by atoms with Crippen molar-refractivity contribution in [1.29, 1.82) is 0 Å². The molecule has 9 nitrogen and oxygen atoms in total. The van der Waals surface area contributed by atoms with Crippen LogP contribution < -0.4 is 24.8 Å². The maximum Gasteiger partial charge on any atom is 0.277 e. The van der Waals surface area contributed by atoms with Crippen molar-refractivity contribution in [3.05, 3.63) is 63.8 Å². The minimum atomic E-state index is -3.49. The van der Waals surface area contributed by atoms with E-state index in [9.17, 15) is 8.42 Å². The van der Waals surface area contributed by atoms with Gasteiger partial charge in [0.05, 0.1) is 18.5 Å². The maximum absolute atomic E-state index is 12.0. The number of benzene rings is 2. The summed E-state index contributed by atoms with van der Waals surface area (Å²) in [6, 6.07) is 9.43. The molecule has 0 bridgehead atoms. The molecular weight excluding hydrogens is 500 g/mol. The molecule has 4 rings (SSSR count). The van der Waals surface area contributed by atoms with E-state index in [1.807, 2.05) is 44.2 Å². The Hall–Kier alpha value is -2.92. The number of rotatable bonds is 11. The molecule has 2 aromatic carbocycles. The molecule has 192 valence electrons. The van der Waals surface area contributed by atoms with E-state index in [-0.39, 0.29) is 12.6 Å². The summed E-state index contributed by atoms with van der Waals surface area (Å²) >= 11 is 6.36. The van der Waals surface area contributed by atoms with E-state index in [1.54, 1.807) is 0 Å². The topological polar surface area (TPSA) is 117 Å². The number of nitrogens with one attached hydrogen (secondary N) is 4. The summed E-state index contributed by atoms with van der Waals surface area (Å²) in [5.41, 5.74) is 5.74. The second-order valence-electron chi connectivity index (χ2n) is 8.81. The summed E-state index contributed by atoms with van der Waals surface area (Å²) in [5, 5.41) is 6.82. The fourth-order valence-electron chi connectivity index (χ4n) is 3.60. The van der Waals surface area contributed by atoms with Crippen LogP contribution in [-0.2, 0) is 16.8 Å². The quantitative estimate of drug-likeness (QED) is 0.275. The van der Waals surface area contributed by atoms with E-state index in [0.717, 1.165) is 46.7 Å². The molecule has 0 radical (unpaired) electrons. The number of ether oxygens (including phenoxy) is 1. The van der Waals surface area contributed by atoms with Crippen LogP contribution in [0.25, 0.3) is 0 Å². The summed E-state index contributed by atoms with van der Waals surface area (Å²) in [6.07, 6.45) is 3.31. The van der Waals surface area contributed by atoms with Gasteiger partial charge in [0.2, 0.25) is 5.95 Å². The molecule has 0 saturated heterocycles. The lowest BCUT2D eigenvalue weighted by Gasteiger charge is -2.18. The van der Waals surface area contributed by atoms with Crippen LogP contribution >= 0.6 is 11.6 Å². The third kappa shape index (κ3) is 6.64. The lowest BCUT2D eigenvalue weighted by atomic mass is 10.0. The fraction of sp³-hybridized carbons (Fsp3) is 0.360. The highest BCUT2D eigenvalue weighted by Crippen LogP contribution is 2.35. The second kappa shape index (κ2) is 11.0. The standard InChI is InChI=1S/C25H31ClN6O3S/c1-5-35-23-17(4)16(3)15(2)12-22(23)30-25-27-14-21(26)24(31-25)29-19-8-6-18(7-9-19)13-28-36(33,34)32-20-10-11-20/h6-9,12,14,20,28,32H,5,10-11,13H2,1-4H3,(H2,27,29,30,31). The van der Waals surface area contributed by atoms with Gasteiger partial charge < -0.3 is 15.4 Å². The van der Waals surface area contributed by atoms with Crippen molar-refractivity contribution in [3.8, 4) is 5.75 Å². The summed E-state index contributed by atoms with van der Waals surface area (Å²) < 4.78 is 35.0. The van der Waals surface area contributed by atoms with Crippen LogP contribution in [0.1, 0.15) is 42.0 Å². The molecule has 0 atom stereocenters. The first-order valence-corrected chi connectivity index (χ1v) is 13.7. The molecule has 0 aliphatic heterocycles. The molecule has 0 unspecified atom stereocenters. The van der Waals surface area contributed by atoms with E-state index < -0.39 is 10.2 Å². The first-order valence-electron chi connectivity index (χ1n) is 11.8. The number of halogens is 1. The van der Waals surface area contributed by atoms with Crippen LogP contribution in [0.2, 0.25) is 5.02 Å². The molecule has 1 aliphatic carbocycles. The lowest BCUT2D eigenvalue weighted by Crippen LogP contribution is -2.37. The zero-order chi connectivity index (χ0) is 25.9. The summed E-state index contributed by atoms with van der Waals surface area (Å²) in [5.74, 6) is 1.58. The molecule has 1 saturated carbocycles. The summed E-state index contributed by atoms with van der Waals surface area (Å²) in [6.45, 7) is 8.85. The molecule has 11 heteroatoms. The van der Waals surface area contributed by atoms with E-state index in [1.165, 1.54) is 11.8 Å². The first kappa shape index (κ1) is 26.2. The van der Waals surface area contributed by atoms with Crippen LogP contribution in [0.5, 0.6) is 5.75 Å². The Labute approximate surface area is 217 Å². The molecular formula is C25H31ClN6O3S. The molecule has 36 heavy (non-hydrogen) atoms. The molecule has 0 spiro atoms. The van der Waals surface area contributed by atoms with Gasteiger partial charge in [0.15, 0.2) is 5.82 Å². The molecule has 0 amide bonds. The van der Waals surface area contributed by atoms with Crippen LogP contribution in [0.15, 0.2) is 36.5 Å². The SMILES string of the molecule is CCOc1c(Nc2ncc(Cl)c(Nc3ccc(CNS(=O)(=O)NC4CC4)cc3)n2)cc(C)c(C)c1C. The highest BCUT2D eigenvalue weighted by atomic mass is 35.5. The average molecular weight is 531 g/mol. The molecule has 1 fully saturated rings. The number of hydrogen-bond donors (Lipinski definition) is 4. The van der Waals surface area contributed by atoms with Gasteiger partial charge in [-0.05, 0) is 81.0 Å². The maximum atomic E-state index is 12.0. The Morgan fingerprint density at radius 3 is 2.47 bits per heavy atom. The Kier molecular flexibility index (Phi) is 7.99. The number of anilines is 4. The van der Waals surface area contributed by atoms with Crippen molar-refractivity contribution in [2.75, 3.05) is 17.2 Å². The largest absolute Gasteiger partial charge is 0.491 e. The van der Waals surface area contributed by atoms with Gasteiger partial charge in [0.25, 0.3) is 10.2 Å². The van der Waals surface area contributed by atoms with E-state index in [4.69, 9.17) is 16.3 Å². The summed E-state index contributed by atoms with van der Waals surface area (Å²) in [4.78, 5) is 8.87. The van der Waals surface area contributed by atoms with Crippen molar-refractivity contribution in [3.63, 3.8) is 0 Å². The van der Waals surface area contributed by atoms with Crippen molar-refractivity contribution in [2.45, 2.75) is 53.1 Å². The number of aryl methyl sites for hydroxylation is 1. The third-order valence-electron chi connectivity index (χ3n) is 5.96. The fourth-order valence-corrected chi connectivity index (χ4v) is 4.85. The normalized spacial score (nSPS) is 13.5. The van der Waals surface area contributed by atoms with Crippen molar-refractivity contribution in [2.24, 2.45) is 0 Å². The van der Waals surface area contributed by atoms with Gasteiger partial charge in [-0.25, -0.2) is 4.98 Å². The van der Waals surface area contributed by atoms with E-state index >= 15 is 0 Å². The highest BCUT2D eigenvalue weighted by molar-refractivity contribution is 7.87. The number of nitrogens with zero attached hydrogens (tertiary/aromatic N) is 2. The lowest BCUT2D eigenvalue weighted by molar-refractivity contribution is 0.339. The molecule has 1 aromatic heterocycles. The predicted molar refractivity (Wildman–Crippen MR) is 144 cm³/mol. The van der Waals surface area contributed by atoms with Gasteiger partial charge in [-0.1, -0.05) is 23.7 Å². The molecule has 3 aromatic rings. The van der Waals surface area contributed by atoms with Gasteiger partial charge in [-0.2, -0.15) is 22.8 Å². The summed E-state index contributed by atoms with van der Waals surface area (Å²) in [7, 11) is -3.49. The van der Waals surface area contributed by atoms with Crippen LogP contribution in [0.4, 0.5) is 23.1 Å². The molecule has 4 N–H and O–H groups in total. The zero-order valence-corrected chi connectivity index (χ0v) is 22.3. The first-order chi connectivity index (χ1) is 17.1. The van der Waals surface area contributed by atoms with Gasteiger partial charge in [0, 0.05) is 18.3 Å². The van der Waals surface area contributed by atoms with Crippen molar-refractivity contribution < 1.29 is 13.2 Å².